The van der Waals surface area contributed by atoms with Crippen molar-refractivity contribution < 1.29 is 14.3 Å². The molecule has 1 N–H and O–H groups in total. The standard InChI is InChI=1S/C20H28N6O3.HI/c1-21-20(22-9-4-12-29-18-7-5-17(28-3)6-8-18)25-10-11-26(19(27)15-25)16-13-23-24(2)14-16;/h5-8,13-14H,4,9-12,15H2,1-3H3,(H,21,22);1H. The number of aromatic nitrogens is 2. The lowest BCUT2D eigenvalue weighted by molar-refractivity contribution is -0.120. The maximum atomic E-state index is 12.5. The summed E-state index contributed by atoms with van der Waals surface area (Å²) in [5, 5.41) is 7.45. The van der Waals surface area contributed by atoms with Crippen molar-refractivity contribution in [2.45, 2.75) is 6.42 Å². The van der Waals surface area contributed by atoms with Crippen LogP contribution in [0, 0.1) is 0 Å². The molecule has 0 bridgehead atoms. The zero-order valence-electron chi connectivity index (χ0n) is 17.6. The Morgan fingerprint density at radius 1 is 1.23 bits per heavy atom. The molecule has 1 saturated heterocycles. The van der Waals surface area contributed by atoms with Gasteiger partial charge in [-0.25, -0.2) is 0 Å². The van der Waals surface area contributed by atoms with Crippen molar-refractivity contribution in [2.75, 3.05) is 51.8 Å². The summed E-state index contributed by atoms with van der Waals surface area (Å²) in [6.45, 7) is 2.90. The molecule has 10 heteroatoms. The lowest BCUT2D eigenvalue weighted by Gasteiger charge is -2.35. The fraction of sp³-hybridized carbons (Fsp3) is 0.450. The van der Waals surface area contributed by atoms with E-state index in [1.165, 1.54) is 0 Å². The number of hydrogen-bond donors (Lipinski definition) is 1. The highest BCUT2D eigenvalue weighted by molar-refractivity contribution is 14.0. The van der Waals surface area contributed by atoms with Crippen LogP contribution in [0.4, 0.5) is 5.69 Å². The Kier molecular flexibility index (Phi) is 9.21. The molecule has 1 amide bonds. The maximum Gasteiger partial charge on any atom is 0.246 e. The third-order valence-electron chi connectivity index (χ3n) is 4.67. The Morgan fingerprint density at radius 3 is 2.57 bits per heavy atom. The van der Waals surface area contributed by atoms with Crippen molar-refractivity contribution in [1.82, 2.24) is 20.0 Å². The van der Waals surface area contributed by atoms with Crippen molar-refractivity contribution in [2.24, 2.45) is 12.0 Å². The number of nitrogens with zero attached hydrogens (tertiary/aromatic N) is 5. The number of nitrogens with one attached hydrogen (secondary N) is 1. The molecule has 1 aliphatic heterocycles. The second-order valence-electron chi connectivity index (χ2n) is 6.69. The predicted octanol–water partition coefficient (Wildman–Crippen LogP) is 1.74. The number of hydrogen-bond acceptors (Lipinski definition) is 5. The second kappa shape index (κ2) is 11.6. The summed E-state index contributed by atoms with van der Waals surface area (Å²) >= 11 is 0. The Labute approximate surface area is 194 Å². The summed E-state index contributed by atoms with van der Waals surface area (Å²) in [6.07, 6.45) is 4.38. The molecular weight excluding hydrogens is 499 g/mol. The van der Waals surface area contributed by atoms with Crippen molar-refractivity contribution in [1.29, 1.82) is 0 Å². The zero-order valence-corrected chi connectivity index (χ0v) is 19.9. The molecule has 3 rings (SSSR count). The molecule has 2 heterocycles. The molecule has 1 aliphatic rings. The van der Waals surface area contributed by atoms with E-state index in [-0.39, 0.29) is 36.4 Å². The Bertz CT molecular complexity index is 839. The molecule has 0 saturated carbocycles. The van der Waals surface area contributed by atoms with E-state index in [1.807, 2.05) is 42.4 Å². The molecule has 0 spiro atoms. The minimum atomic E-state index is 0. The number of carbonyl (C=O) groups excluding carboxylic acids is 1. The topological polar surface area (TPSA) is 84.2 Å². The number of amides is 1. The molecule has 0 radical (unpaired) electrons. The summed E-state index contributed by atoms with van der Waals surface area (Å²) in [4.78, 5) is 20.6. The van der Waals surface area contributed by atoms with Crippen LogP contribution in [0.2, 0.25) is 0 Å². The highest BCUT2D eigenvalue weighted by Crippen LogP contribution is 2.17. The maximum absolute atomic E-state index is 12.5. The molecule has 9 nitrogen and oxygen atoms in total. The molecule has 30 heavy (non-hydrogen) atoms. The number of carbonyl (C=O) groups is 1. The number of halogens is 1. The SMILES string of the molecule is CN=C(NCCCOc1ccc(OC)cc1)N1CCN(c2cnn(C)c2)C(=O)C1.I. The average molecular weight is 528 g/mol. The van der Waals surface area contributed by atoms with Crippen LogP contribution in [-0.4, -0.2) is 73.5 Å². The van der Waals surface area contributed by atoms with E-state index in [4.69, 9.17) is 9.47 Å². The minimum absolute atomic E-state index is 0. The van der Waals surface area contributed by atoms with E-state index in [0.29, 0.717) is 26.2 Å². The van der Waals surface area contributed by atoms with Gasteiger partial charge in [0.15, 0.2) is 5.96 Å². The fourth-order valence-electron chi connectivity index (χ4n) is 3.14. The smallest absolute Gasteiger partial charge is 0.246 e. The fourth-order valence-corrected chi connectivity index (χ4v) is 3.14. The Balaban J connectivity index is 0.00000320. The molecule has 0 aliphatic carbocycles. The summed E-state index contributed by atoms with van der Waals surface area (Å²) in [6, 6.07) is 7.52. The van der Waals surface area contributed by atoms with E-state index in [9.17, 15) is 4.79 Å². The van der Waals surface area contributed by atoms with Crippen LogP contribution in [0.15, 0.2) is 41.7 Å². The number of methoxy groups -OCH3 is 1. The molecule has 164 valence electrons. The van der Waals surface area contributed by atoms with Gasteiger partial charge < -0.3 is 24.6 Å². The molecule has 1 aromatic carbocycles. The lowest BCUT2D eigenvalue weighted by atomic mass is 10.3. The number of benzene rings is 1. The van der Waals surface area contributed by atoms with Gasteiger partial charge >= 0.3 is 0 Å². The Morgan fingerprint density at radius 2 is 1.97 bits per heavy atom. The average Bonchev–Trinajstić information content (AvgIpc) is 3.17. The van der Waals surface area contributed by atoms with E-state index >= 15 is 0 Å². The van der Waals surface area contributed by atoms with Crippen LogP contribution < -0.4 is 19.7 Å². The quantitative estimate of drug-likeness (QED) is 0.255. The van der Waals surface area contributed by atoms with Crippen molar-refractivity contribution in [3.63, 3.8) is 0 Å². The van der Waals surface area contributed by atoms with Crippen LogP contribution in [-0.2, 0) is 11.8 Å². The zero-order chi connectivity index (χ0) is 20.6. The number of piperazine rings is 1. The highest BCUT2D eigenvalue weighted by atomic mass is 127. The number of anilines is 1. The van der Waals surface area contributed by atoms with Crippen LogP contribution in [0.1, 0.15) is 6.42 Å². The van der Waals surface area contributed by atoms with E-state index in [0.717, 1.165) is 29.6 Å². The summed E-state index contributed by atoms with van der Waals surface area (Å²) in [7, 11) is 5.21. The first-order valence-corrected chi connectivity index (χ1v) is 9.62. The first-order valence-electron chi connectivity index (χ1n) is 9.62. The van der Waals surface area contributed by atoms with Gasteiger partial charge in [-0.2, -0.15) is 5.10 Å². The van der Waals surface area contributed by atoms with Crippen LogP contribution in [0.3, 0.4) is 0 Å². The van der Waals surface area contributed by atoms with E-state index in [1.54, 1.807) is 29.9 Å². The number of guanidine groups is 1. The Hall–Kier alpha value is -2.50. The van der Waals surface area contributed by atoms with Gasteiger partial charge in [0, 0.05) is 39.9 Å². The van der Waals surface area contributed by atoms with Crippen molar-refractivity contribution >= 4 is 41.5 Å². The summed E-state index contributed by atoms with van der Waals surface area (Å²) in [5.41, 5.74) is 0.829. The first kappa shape index (κ1) is 23.8. The number of aryl methyl sites for hydroxylation is 1. The summed E-state index contributed by atoms with van der Waals surface area (Å²) < 4.78 is 12.6. The minimum Gasteiger partial charge on any atom is -0.497 e. The van der Waals surface area contributed by atoms with Gasteiger partial charge in [0.05, 0.1) is 25.6 Å². The predicted molar refractivity (Wildman–Crippen MR) is 127 cm³/mol. The number of rotatable bonds is 7. The molecule has 0 atom stereocenters. The first-order chi connectivity index (χ1) is 14.1. The third kappa shape index (κ3) is 6.25. The van der Waals surface area contributed by atoms with E-state index in [2.05, 4.69) is 15.4 Å². The van der Waals surface area contributed by atoms with Crippen LogP contribution in [0.5, 0.6) is 11.5 Å². The molecular formula is C20H29IN6O3. The normalized spacial score (nSPS) is 14.4. The third-order valence-corrected chi connectivity index (χ3v) is 4.67. The van der Waals surface area contributed by atoms with Gasteiger partial charge in [0.25, 0.3) is 0 Å². The van der Waals surface area contributed by atoms with Gasteiger partial charge in [-0.1, -0.05) is 0 Å². The van der Waals surface area contributed by atoms with Gasteiger partial charge in [-0.3, -0.25) is 14.5 Å². The van der Waals surface area contributed by atoms with Crippen molar-refractivity contribution in [3.8, 4) is 11.5 Å². The summed E-state index contributed by atoms with van der Waals surface area (Å²) in [5.74, 6) is 2.39. The second-order valence-corrected chi connectivity index (χ2v) is 6.69. The number of aliphatic imine (C=N–C) groups is 1. The van der Waals surface area contributed by atoms with Gasteiger partial charge in [-0.15, -0.1) is 24.0 Å². The van der Waals surface area contributed by atoms with Gasteiger partial charge in [0.1, 0.15) is 18.0 Å². The number of ether oxygens (including phenoxy) is 2. The monoisotopic (exact) mass is 528 g/mol. The highest BCUT2D eigenvalue weighted by Gasteiger charge is 2.27. The molecule has 1 aromatic heterocycles. The van der Waals surface area contributed by atoms with Gasteiger partial charge in [0.2, 0.25) is 5.91 Å². The lowest BCUT2D eigenvalue weighted by Crippen LogP contribution is -2.55. The van der Waals surface area contributed by atoms with Crippen LogP contribution >= 0.6 is 24.0 Å². The largest absolute Gasteiger partial charge is 0.497 e. The van der Waals surface area contributed by atoms with Crippen molar-refractivity contribution in [3.05, 3.63) is 36.7 Å². The molecule has 2 aromatic rings. The van der Waals surface area contributed by atoms with Gasteiger partial charge in [-0.05, 0) is 30.7 Å². The molecule has 1 fully saturated rings. The van der Waals surface area contributed by atoms with E-state index < -0.39 is 0 Å². The van der Waals surface area contributed by atoms with Crippen LogP contribution in [0.25, 0.3) is 0 Å². The molecule has 0 unspecified atom stereocenters.